The summed E-state index contributed by atoms with van der Waals surface area (Å²) in [5.41, 5.74) is 2.78. The number of amides is 4. The minimum atomic E-state index is -0.598. The van der Waals surface area contributed by atoms with Gasteiger partial charge in [0, 0.05) is 50.1 Å². The van der Waals surface area contributed by atoms with Crippen molar-refractivity contribution in [1.82, 2.24) is 15.5 Å². The molecule has 5 rings (SSSR count). The largest absolute Gasteiger partial charge is 0.492 e. The Balaban J connectivity index is 1.17. The molecule has 3 heterocycles. The van der Waals surface area contributed by atoms with Crippen LogP contribution < -0.4 is 15.4 Å². The van der Waals surface area contributed by atoms with Crippen molar-refractivity contribution in [1.29, 1.82) is 0 Å². The molecular formula is C28H33N4O6+. The van der Waals surface area contributed by atoms with Gasteiger partial charge in [0.05, 0.1) is 25.8 Å². The highest BCUT2D eigenvalue weighted by Crippen LogP contribution is 2.34. The predicted octanol–water partition coefficient (Wildman–Crippen LogP) is 1.23. The number of fused-ring (bicyclic) bond motifs is 1. The van der Waals surface area contributed by atoms with Crippen molar-refractivity contribution in [2.75, 3.05) is 46.5 Å². The maximum absolute atomic E-state index is 13.2. The molecule has 10 heteroatoms. The van der Waals surface area contributed by atoms with Crippen LogP contribution in [0.25, 0.3) is 0 Å². The Kier molecular flexibility index (Phi) is 7.55. The second kappa shape index (κ2) is 11.0. The van der Waals surface area contributed by atoms with Crippen molar-refractivity contribution in [3.63, 3.8) is 0 Å². The average Bonchev–Trinajstić information content (AvgIpc) is 3.17. The van der Waals surface area contributed by atoms with Crippen LogP contribution in [0.2, 0.25) is 0 Å². The van der Waals surface area contributed by atoms with Gasteiger partial charge in [-0.3, -0.25) is 24.6 Å². The van der Waals surface area contributed by atoms with E-state index >= 15 is 0 Å². The van der Waals surface area contributed by atoms with Gasteiger partial charge in [0.1, 0.15) is 18.9 Å². The summed E-state index contributed by atoms with van der Waals surface area (Å²) in [5, 5.41) is 5.30. The van der Waals surface area contributed by atoms with Gasteiger partial charge in [-0.25, -0.2) is 9.28 Å². The molecule has 2 atom stereocenters. The standard InChI is InChI=1S/C28H32N4O6/c1-32(24-7-8-25(33)30-27(24)35)18-21-15-19(5-6-23(21)28(32)36)17-29-26(34)20-3-2-4-22(16-20)38-14-11-31-9-12-37-13-10-31/h2-6,15-16,24H,7-14,17-18H2,1H3,(H-,29,30,33,34,35)/p+1. The maximum Gasteiger partial charge on any atom is 0.347 e. The molecule has 10 nitrogen and oxygen atoms in total. The third-order valence-electron chi connectivity index (χ3n) is 7.59. The Morgan fingerprint density at radius 1 is 1.16 bits per heavy atom. The van der Waals surface area contributed by atoms with E-state index in [1.165, 1.54) is 0 Å². The summed E-state index contributed by atoms with van der Waals surface area (Å²) in [7, 11) is 1.75. The monoisotopic (exact) mass is 521 g/mol. The Labute approximate surface area is 221 Å². The van der Waals surface area contributed by atoms with E-state index in [-0.39, 0.29) is 28.6 Å². The predicted molar refractivity (Wildman–Crippen MR) is 137 cm³/mol. The molecule has 2 aromatic rings. The first kappa shape index (κ1) is 26.0. The Hall–Kier alpha value is -3.60. The van der Waals surface area contributed by atoms with Gasteiger partial charge in [0.2, 0.25) is 5.91 Å². The molecule has 0 aliphatic carbocycles. The van der Waals surface area contributed by atoms with E-state index < -0.39 is 11.9 Å². The van der Waals surface area contributed by atoms with Crippen molar-refractivity contribution < 1.29 is 33.1 Å². The normalized spacial score (nSPS) is 23.6. The van der Waals surface area contributed by atoms with Crippen LogP contribution in [0, 0.1) is 0 Å². The topological polar surface area (TPSA) is 114 Å². The number of rotatable bonds is 8. The molecule has 38 heavy (non-hydrogen) atoms. The number of ether oxygens (including phenoxy) is 2. The number of carbonyl (C=O) groups excluding carboxylic acids is 4. The van der Waals surface area contributed by atoms with E-state index in [4.69, 9.17) is 9.47 Å². The van der Waals surface area contributed by atoms with E-state index in [1.807, 2.05) is 18.2 Å². The first-order valence-electron chi connectivity index (χ1n) is 13.0. The van der Waals surface area contributed by atoms with Crippen LogP contribution in [-0.2, 0) is 27.4 Å². The highest BCUT2D eigenvalue weighted by molar-refractivity contribution is 6.02. The summed E-state index contributed by atoms with van der Waals surface area (Å²) in [6.45, 7) is 5.30. The average molecular weight is 522 g/mol. The van der Waals surface area contributed by atoms with Crippen molar-refractivity contribution in [3.05, 3.63) is 64.7 Å². The smallest absolute Gasteiger partial charge is 0.347 e. The second-order valence-electron chi connectivity index (χ2n) is 10.2. The van der Waals surface area contributed by atoms with Gasteiger partial charge >= 0.3 is 5.91 Å². The number of likely N-dealkylation sites (N-methyl/N-ethyl adjacent to an activating group) is 1. The minimum absolute atomic E-state index is 0.0808. The fraction of sp³-hybridized carbons (Fsp3) is 0.429. The molecule has 2 saturated heterocycles. The first-order chi connectivity index (χ1) is 18.3. The molecule has 200 valence electrons. The number of imide groups is 1. The summed E-state index contributed by atoms with van der Waals surface area (Å²) >= 11 is 0. The lowest BCUT2D eigenvalue weighted by atomic mass is 10.0. The molecule has 0 aromatic heterocycles. The molecule has 2 N–H and O–H groups in total. The first-order valence-corrected chi connectivity index (χ1v) is 13.0. The van der Waals surface area contributed by atoms with Crippen LogP contribution in [0.15, 0.2) is 42.5 Å². The fourth-order valence-corrected chi connectivity index (χ4v) is 5.40. The molecule has 4 amide bonds. The van der Waals surface area contributed by atoms with Crippen molar-refractivity contribution >= 4 is 23.6 Å². The zero-order chi connectivity index (χ0) is 26.7. The molecular weight excluding hydrogens is 488 g/mol. The highest BCUT2D eigenvalue weighted by Gasteiger charge is 2.51. The number of piperidine rings is 1. The SMILES string of the molecule is C[N+]1(C2CCC(=O)NC2=O)Cc2cc(CNC(=O)c3cccc(OCCN4CCOCC4)c3)ccc2C1=O. The zero-order valence-corrected chi connectivity index (χ0v) is 21.5. The minimum Gasteiger partial charge on any atom is -0.492 e. The van der Waals surface area contributed by atoms with Gasteiger partial charge in [-0.2, -0.15) is 0 Å². The number of carbonyl (C=O) groups is 4. The molecule has 3 aliphatic rings. The van der Waals surface area contributed by atoms with Crippen LogP contribution in [0.1, 0.15) is 44.7 Å². The Bertz CT molecular complexity index is 1260. The lowest BCUT2D eigenvalue weighted by Crippen LogP contribution is -2.61. The van der Waals surface area contributed by atoms with Crippen LogP contribution in [0.3, 0.4) is 0 Å². The number of nitrogens with one attached hydrogen (secondary N) is 2. The molecule has 0 spiro atoms. The summed E-state index contributed by atoms with van der Waals surface area (Å²) in [5.74, 6) is -0.401. The molecule has 0 bridgehead atoms. The van der Waals surface area contributed by atoms with Gasteiger partial charge in [-0.15, -0.1) is 0 Å². The maximum atomic E-state index is 13.2. The fourth-order valence-electron chi connectivity index (χ4n) is 5.40. The van der Waals surface area contributed by atoms with Crippen molar-refractivity contribution in [3.8, 4) is 5.75 Å². The van der Waals surface area contributed by atoms with Gasteiger partial charge in [-0.1, -0.05) is 12.1 Å². The number of quaternary nitrogens is 1. The summed E-state index contributed by atoms with van der Waals surface area (Å²) in [6.07, 6.45) is 0.574. The van der Waals surface area contributed by atoms with E-state index in [9.17, 15) is 19.2 Å². The molecule has 2 aromatic carbocycles. The quantitative estimate of drug-likeness (QED) is 0.397. The van der Waals surface area contributed by atoms with Gasteiger partial charge in [0.25, 0.3) is 11.8 Å². The third kappa shape index (κ3) is 5.47. The van der Waals surface area contributed by atoms with Gasteiger partial charge < -0.3 is 14.8 Å². The number of benzene rings is 2. The molecule has 3 aliphatic heterocycles. The summed E-state index contributed by atoms with van der Waals surface area (Å²) in [4.78, 5) is 52.4. The Morgan fingerprint density at radius 3 is 2.76 bits per heavy atom. The number of nitrogens with zero attached hydrogens (tertiary/aromatic N) is 2. The van der Waals surface area contributed by atoms with Crippen LogP contribution in [-0.4, -0.2) is 85.6 Å². The van der Waals surface area contributed by atoms with Crippen molar-refractivity contribution in [2.45, 2.75) is 32.0 Å². The van der Waals surface area contributed by atoms with Crippen LogP contribution in [0.4, 0.5) is 0 Å². The van der Waals surface area contributed by atoms with E-state index in [2.05, 4.69) is 15.5 Å². The third-order valence-corrected chi connectivity index (χ3v) is 7.59. The van der Waals surface area contributed by atoms with Crippen LogP contribution in [0.5, 0.6) is 5.75 Å². The van der Waals surface area contributed by atoms with Gasteiger partial charge in [0.15, 0.2) is 6.04 Å². The zero-order valence-electron chi connectivity index (χ0n) is 21.5. The molecule has 0 saturated carbocycles. The van der Waals surface area contributed by atoms with Crippen molar-refractivity contribution in [2.24, 2.45) is 0 Å². The summed E-state index contributed by atoms with van der Waals surface area (Å²) < 4.78 is 11.1. The summed E-state index contributed by atoms with van der Waals surface area (Å²) in [6, 6.07) is 12.0. The number of morpholine rings is 1. The molecule has 2 unspecified atom stereocenters. The number of hydrogen-bond acceptors (Lipinski definition) is 7. The number of hydrogen-bond donors (Lipinski definition) is 2. The van der Waals surface area contributed by atoms with Crippen LogP contribution >= 0.6 is 0 Å². The van der Waals surface area contributed by atoms with Gasteiger partial charge in [-0.05, 0) is 35.9 Å². The lowest BCUT2D eigenvalue weighted by Gasteiger charge is -2.35. The van der Waals surface area contributed by atoms with E-state index in [0.717, 1.165) is 44.0 Å². The second-order valence-corrected chi connectivity index (χ2v) is 10.2. The molecule has 2 fully saturated rings. The van der Waals surface area contributed by atoms with E-state index in [1.54, 1.807) is 31.3 Å². The Morgan fingerprint density at radius 2 is 1.97 bits per heavy atom. The highest BCUT2D eigenvalue weighted by atomic mass is 16.5. The van der Waals surface area contributed by atoms with E-state index in [0.29, 0.717) is 43.0 Å². The lowest BCUT2D eigenvalue weighted by molar-refractivity contribution is -0.855. The molecule has 0 radical (unpaired) electrons.